The Morgan fingerprint density at radius 2 is 1.81 bits per heavy atom. The van der Waals surface area contributed by atoms with E-state index in [0.717, 1.165) is 0 Å². The van der Waals surface area contributed by atoms with Gasteiger partial charge in [0.25, 0.3) is 5.56 Å². The number of nitrogens with one attached hydrogen (secondary N) is 1. The molecule has 1 aliphatic rings. The highest BCUT2D eigenvalue weighted by Crippen LogP contribution is 2.43. The van der Waals surface area contributed by atoms with Crippen molar-refractivity contribution in [1.29, 1.82) is 0 Å². The molecule has 1 aromatic rings. The van der Waals surface area contributed by atoms with Crippen molar-refractivity contribution in [1.82, 2.24) is 9.55 Å². The predicted molar refractivity (Wildman–Crippen MR) is 115 cm³/mol. The van der Waals surface area contributed by atoms with Gasteiger partial charge in [-0.1, -0.05) is 6.92 Å². The standard InChI is InChI=1S/C20H31N2O9P/c1-11-9-22(20(26)21-18(11)25)19-17(29-4)16(30-14(24)8-7-13(23)28-3)15(31-19)12(2)10-32(5,6)27/h9,12,15-17,19H,7-8,10H2,1-6H3,(H,21,25,26)/t12-,15-,16-,17-,19-/m1/s1. The maximum atomic E-state index is 12.5. The lowest BCUT2D eigenvalue weighted by Gasteiger charge is -2.27. The highest BCUT2D eigenvalue weighted by atomic mass is 31.2. The van der Waals surface area contributed by atoms with E-state index in [0.29, 0.717) is 6.16 Å². The fourth-order valence-electron chi connectivity index (χ4n) is 3.82. The molecule has 0 radical (unpaired) electrons. The minimum Gasteiger partial charge on any atom is -0.469 e. The van der Waals surface area contributed by atoms with E-state index in [4.69, 9.17) is 14.2 Å². The third-order valence-electron chi connectivity index (χ3n) is 5.23. The number of esters is 2. The molecule has 12 heteroatoms. The van der Waals surface area contributed by atoms with Crippen LogP contribution in [0.1, 0.15) is 31.6 Å². The molecule has 2 heterocycles. The van der Waals surface area contributed by atoms with Gasteiger partial charge in [0.2, 0.25) is 0 Å². The first-order valence-corrected chi connectivity index (χ1v) is 13.0. The second-order valence-corrected chi connectivity index (χ2v) is 11.9. The smallest absolute Gasteiger partial charge is 0.330 e. The van der Waals surface area contributed by atoms with E-state index >= 15 is 0 Å². The van der Waals surface area contributed by atoms with Crippen LogP contribution in [-0.2, 0) is 33.1 Å². The lowest BCUT2D eigenvalue weighted by Crippen LogP contribution is -2.42. The summed E-state index contributed by atoms with van der Waals surface area (Å²) in [4.78, 5) is 50.2. The molecule has 1 fully saturated rings. The number of H-pyrrole nitrogens is 1. The molecule has 0 saturated carbocycles. The normalized spacial score (nSPS) is 24.2. The second kappa shape index (κ2) is 10.6. The van der Waals surface area contributed by atoms with Gasteiger partial charge in [-0.05, 0) is 26.2 Å². The molecular formula is C20H31N2O9P. The van der Waals surface area contributed by atoms with Crippen LogP contribution in [0.5, 0.6) is 0 Å². The van der Waals surface area contributed by atoms with Crippen LogP contribution in [0.2, 0.25) is 0 Å². The molecule has 0 amide bonds. The Hall–Kier alpha value is -2.23. The Balaban J connectivity index is 2.38. The van der Waals surface area contributed by atoms with Gasteiger partial charge in [0, 0.05) is 25.0 Å². The summed E-state index contributed by atoms with van der Waals surface area (Å²) in [6.07, 6.45) is -2.24. The van der Waals surface area contributed by atoms with Crippen LogP contribution in [0.25, 0.3) is 0 Å². The Morgan fingerprint density at radius 1 is 1.19 bits per heavy atom. The lowest BCUT2D eigenvalue weighted by molar-refractivity contribution is -0.160. The van der Waals surface area contributed by atoms with Gasteiger partial charge in [-0.3, -0.25) is 23.9 Å². The summed E-state index contributed by atoms with van der Waals surface area (Å²) in [5.41, 5.74) is -0.932. The van der Waals surface area contributed by atoms with Gasteiger partial charge in [-0.2, -0.15) is 0 Å². The van der Waals surface area contributed by atoms with E-state index in [2.05, 4.69) is 9.72 Å². The molecule has 11 nitrogen and oxygen atoms in total. The molecule has 1 saturated heterocycles. The predicted octanol–water partition coefficient (Wildman–Crippen LogP) is 0.881. The minimum atomic E-state index is -2.45. The van der Waals surface area contributed by atoms with Gasteiger partial charge in [0.05, 0.1) is 27.1 Å². The molecule has 1 aliphatic heterocycles. The zero-order valence-electron chi connectivity index (χ0n) is 19.2. The van der Waals surface area contributed by atoms with Crippen molar-refractivity contribution in [2.45, 2.75) is 51.2 Å². The fraction of sp³-hybridized carbons (Fsp3) is 0.700. The van der Waals surface area contributed by atoms with E-state index < -0.39 is 54.9 Å². The monoisotopic (exact) mass is 474 g/mol. The molecular weight excluding hydrogens is 443 g/mol. The number of carbonyl (C=O) groups excluding carboxylic acids is 2. The molecule has 180 valence electrons. The number of aryl methyl sites for hydroxylation is 1. The summed E-state index contributed by atoms with van der Waals surface area (Å²) in [5.74, 6) is -1.52. The van der Waals surface area contributed by atoms with Crippen molar-refractivity contribution in [2.24, 2.45) is 5.92 Å². The van der Waals surface area contributed by atoms with E-state index in [1.54, 1.807) is 20.3 Å². The number of aromatic nitrogens is 2. The molecule has 0 aromatic carbocycles. The van der Waals surface area contributed by atoms with Crippen molar-refractivity contribution in [3.05, 3.63) is 32.6 Å². The molecule has 0 unspecified atom stereocenters. The van der Waals surface area contributed by atoms with Crippen LogP contribution in [0.15, 0.2) is 15.8 Å². The highest BCUT2D eigenvalue weighted by Gasteiger charge is 2.51. The zero-order chi connectivity index (χ0) is 24.2. The third-order valence-corrected chi connectivity index (χ3v) is 6.69. The number of aromatic amines is 1. The fourth-order valence-corrected chi connectivity index (χ4v) is 5.42. The Bertz CT molecular complexity index is 996. The van der Waals surface area contributed by atoms with Crippen molar-refractivity contribution < 1.29 is 33.1 Å². The van der Waals surface area contributed by atoms with Crippen LogP contribution >= 0.6 is 7.14 Å². The third kappa shape index (κ3) is 6.40. The van der Waals surface area contributed by atoms with Gasteiger partial charge in [0.15, 0.2) is 12.3 Å². The van der Waals surface area contributed by atoms with Crippen LogP contribution in [-0.4, -0.2) is 73.5 Å². The molecule has 32 heavy (non-hydrogen) atoms. The molecule has 2 rings (SSSR count). The molecule has 1 aromatic heterocycles. The molecule has 0 spiro atoms. The van der Waals surface area contributed by atoms with E-state index in [9.17, 15) is 23.7 Å². The summed E-state index contributed by atoms with van der Waals surface area (Å²) >= 11 is 0. The zero-order valence-corrected chi connectivity index (χ0v) is 20.0. The molecule has 1 N–H and O–H groups in total. The Labute approximate surface area is 185 Å². The maximum absolute atomic E-state index is 12.5. The number of hydrogen-bond acceptors (Lipinski definition) is 9. The highest BCUT2D eigenvalue weighted by molar-refractivity contribution is 7.62. The SMILES string of the molecule is COC(=O)CCC(=O)O[C@H]1[C@@H](OC)[C@H](n2cc(C)c(=O)[nH]c2=O)O[C@@H]1[C@H](C)CP(C)(C)=O. The maximum Gasteiger partial charge on any atom is 0.330 e. The van der Waals surface area contributed by atoms with Crippen molar-refractivity contribution >= 4 is 19.1 Å². The van der Waals surface area contributed by atoms with Crippen molar-refractivity contribution in [3.63, 3.8) is 0 Å². The largest absolute Gasteiger partial charge is 0.469 e. The average molecular weight is 474 g/mol. The second-order valence-electron chi connectivity index (χ2n) is 8.43. The average Bonchev–Trinajstić information content (AvgIpc) is 3.05. The van der Waals surface area contributed by atoms with E-state index in [1.807, 2.05) is 6.92 Å². The number of nitrogens with zero attached hydrogens (tertiary/aromatic N) is 1. The Morgan fingerprint density at radius 3 is 2.38 bits per heavy atom. The van der Waals surface area contributed by atoms with Gasteiger partial charge in [-0.25, -0.2) is 4.79 Å². The molecule has 0 bridgehead atoms. The molecule has 5 atom stereocenters. The van der Waals surface area contributed by atoms with E-state index in [-0.39, 0.29) is 24.3 Å². The quantitative estimate of drug-likeness (QED) is 0.407. The van der Waals surface area contributed by atoms with Gasteiger partial charge >= 0.3 is 17.6 Å². The number of rotatable bonds is 9. The summed E-state index contributed by atoms with van der Waals surface area (Å²) in [6.45, 7) is 6.66. The number of hydrogen-bond donors (Lipinski definition) is 1. The van der Waals surface area contributed by atoms with Crippen molar-refractivity contribution in [3.8, 4) is 0 Å². The molecule has 0 aliphatic carbocycles. The van der Waals surface area contributed by atoms with Gasteiger partial charge in [-0.15, -0.1) is 0 Å². The number of ether oxygens (including phenoxy) is 4. The minimum absolute atomic E-state index is 0.151. The topological polar surface area (TPSA) is 143 Å². The van der Waals surface area contributed by atoms with Crippen LogP contribution in [0, 0.1) is 12.8 Å². The summed E-state index contributed by atoms with van der Waals surface area (Å²) < 4.78 is 35.5. The van der Waals surface area contributed by atoms with Crippen LogP contribution in [0.3, 0.4) is 0 Å². The Kier molecular flexibility index (Phi) is 8.61. The lowest BCUT2D eigenvalue weighted by atomic mass is 9.99. The van der Waals surface area contributed by atoms with E-state index in [1.165, 1.54) is 25.0 Å². The first kappa shape index (κ1) is 26.0. The van der Waals surface area contributed by atoms with Crippen molar-refractivity contribution in [2.75, 3.05) is 33.7 Å². The van der Waals surface area contributed by atoms with Crippen LogP contribution < -0.4 is 11.2 Å². The first-order chi connectivity index (χ1) is 14.9. The number of carbonyl (C=O) groups is 2. The van der Waals surface area contributed by atoms with Gasteiger partial charge in [0.1, 0.15) is 12.2 Å². The summed E-state index contributed by atoms with van der Waals surface area (Å²) in [5, 5.41) is 0. The van der Waals surface area contributed by atoms with Gasteiger partial charge < -0.3 is 23.5 Å². The summed E-state index contributed by atoms with van der Waals surface area (Å²) in [7, 11) is 0.161. The first-order valence-electron chi connectivity index (χ1n) is 10.2. The van der Waals surface area contributed by atoms with Crippen LogP contribution in [0.4, 0.5) is 0 Å². The summed E-state index contributed by atoms with van der Waals surface area (Å²) in [6, 6.07) is 0. The number of methoxy groups -OCH3 is 2.